The van der Waals surface area contributed by atoms with Gasteiger partial charge in [0.2, 0.25) is 5.76 Å². The largest absolute Gasteiger partial charge is 0.350 e. The van der Waals surface area contributed by atoms with E-state index in [9.17, 15) is 4.79 Å². The highest BCUT2D eigenvalue weighted by Crippen LogP contribution is 2.33. The summed E-state index contributed by atoms with van der Waals surface area (Å²) in [5.41, 5.74) is 0.755. The number of carbonyl (C=O) groups is 1. The van der Waals surface area contributed by atoms with Gasteiger partial charge in [0.05, 0.1) is 10.6 Å². The molecule has 0 radical (unpaired) electrons. The Hall–Kier alpha value is -1.75. The molecule has 23 heavy (non-hydrogen) atoms. The molecular formula is C18H22N2O2S. The Bertz CT molecular complexity index is 646. The van der Waals surface area contributed by atoms with Crippen LogP contribution in [0.5, 0.6) is 0 Å². The van der Waals surface area contributed by atoms with Gasteiger partial charge < -0.3 is 9.84 Å². The number of rotatable bonds is 4. The molecule has 1 aliphatic rings. The van der Waals surface area contributed by atoms with E-state index in [1.807, 2.05) is 37.3 Å². The summed E-state index contributed by atoms with van der Waals surface area (Å²) < 4.78 is 5.32. The van der Waals surface area contributed by atoms with E-state index in [0.717, 1.165) is 28.3 Å². The lowest BCUT2D eigenvalue weighted by Crippen LogP contribution is -2.34. The molecule has 5 heteroatoms. The Morgan fingerprint density at radius 2 is 1.87 bits per heavy atom. The minimum atomic E-state index is -0.143. The smallest absolute Gasteiger partial charge is 0.291 e. The van der Waals surface area contributed by atoms with Gasteiger partial charge in [-0.3, -0.25) is 4.79 Å². The molecule has 2 aromatic rings. The molecule has 1 N–H and O–H groups in total. The quantitative estimate of drug-likeness (QED) is 0.833. The fourth-order valence-electron chi connectivity index (χ4n) is 2.91. The number of benzene rings is 1. The van der Waals surface area contributed by atoms with Crippen LogP contribution in [-0.2, 0) is 0 Å². The highest BCUT2D eigenvalue weighted by atomic mass is 32.2. The van der Waals surface area contributed by atoms with Crippen LogP contribution >= 0.6 is 11.8 Å². The molecule has 1 saturated carbocycles. The maximum absolute atomic E-state index is 12.6. The first-order chi connectivity index (χ1) is 11.2. The third-order valence-corrected chi connectivity index (χ3v) is 5.36. The summed E-state index contributed by atoms with van der Waals surface area (Å²) in [5.74, 6) is 0.191. The molecule has 4 nitrogen and oxygen atoms in total. The molecule has 0 bridgehead atoms. The molecule has 122 valence electrons. The summed E-state index contributed by atoms with van der Waals surface area (Å²) in [6.45, 7) is 1.87. The van der Waals surface area contributed by atoms with Gasteiger partial charge in [-0.2, -0.15) is 0 Å². The second-order valence-corrected chi connectivity index (χ2v) is 7.09. The third kappa shape index (κ3) is 4.16. The number of amides is 1. The standard InChI is InChI=1S/C18H22N2O2S/c1-13-17(23-15-11-7-4-8-12-15)16(22-20-13)18(21)19-14-9-5-2-3-6-10-14/h4,7-8,11-12,14H,2-3,5-6,9-10H2,1H3,(H,19,21). The van der Waals surface area contributed by atoms with E-state index in [1.54, 1.807) is 0 Å². The fraction of sp³-hybridized carbons (Fsp3) is 0.444. The van der Waals surface area contributed by atoms with Gasteiger partial charge in [-0.25, -0.2) is 0 Å². The second-order valence-electron chi connectivity index (χ2n) is 6.00. The molecule has 0 unspecified atom stereocenters. The Balaban J connectivity index is 1.73. The maximum atomic E-state index is 12.6. The monoisotopic (exact) mass is 330 g/mol. The molecule has 1 aromatic heterocycles. The predicted octanol–water partition coefficient (Wildman–Crippen LogP) is 4.59. The van der Waals surface area contributed by atoms with Crippen LogP contribution in [0.4, 0.5) is 0 Å². The van der Waals surface area contributed by atoms with Gasteiger partial charge in [-0.05, 0) is 31.9 Å². The van der Waals surface area contributed by atoms with Crippen molar-refractivity contribution in [2.45, 2.75) is 61.3 Å². The summed E-state index contributed by atoms with van der Waals surface area (Å²) >= 11 is 1.52. The van der Waals surface area contributed by atoms with Crippen LogP contribution in [0.25, 0.3) is 0 Å². The van der Waals surface area contributed by atoms with Crippen molar-refractivity contribution in [2.24, 2.45) is 0 Å². The molecule has 1 heterocycles. The molecule has 0 atom stereocenters. The maximum Gasteiger partial charge on any atom is 0.291 e. The lowest BCUT2D eigenvalue weighted by Gasteiger charge is -2.15. The molecule has 3 rings (SSSR count). The number of nitrogens with zero attached hydrogens (tertiary/aromatic N) is 1. The van der Waals surface area contributed by atoms with Crippen molar-refractivity contribution in [3.8, 4) is 0 Å². The summed E-state index contributed by atoms with van der Waals surface area (Å²) in [6, 6.07) is 10.2. The minimum Gasteiger partial charge on any atom is -0.350 e. The lowest BCUT2D eigenvalue weighted by atomic mass is 10.1. The number of nitrogens with one attached hydrogen (secondary N) is 1. The van der Waals surface area contributed by atoms with Crippen LogP contribution in [0.2, 0.25) is 0 Å². The van der Waals surface area contributed by atoms with Gasteiger partial charge >= 0.3 is 0 Å². The summed E-state index contributed by atoms with van der Waals surface area (Å²) in [5, 5.41) is 7.12. The van der Waals surface area contributed by atoms with Crippen LogP contribution in [-0.4, -0.2) is 17.1 Å². The zero-order valence-corrected chi connectivity index (χ0v) is 14.2. The molecular weight excluding hydrogens is 308 g/mol. The zero-order valence-electron chi connectivity index (χ0n) is 13.4. The van der Waals surface area contributed by atoms with E-state index in [2.05, 4.69) is 10.5 Å². The van der Waals surface area contributed by atoms with Crippen molar-refractivity contribution in [2.75, 3.05) is 0 Å². The molecule has 1 aliphatic carbocycles. The van der Waals surface area contributed by atoms with Gasteiger partial charge in [0.1, 0.15) is 0 Å². The first-order valence-electron chi connectivity index (χ1n) is 8.24. The van der Waals surface area contributed by atoms with Crippen LogP contribution in [0, 0.1) is 6.92 Å². The molecule has 0 saturated heterocycles. The van der Waals surface area contributed by atoms with E-state index in [0.29, 0.717) is 5.76 Å². The van der Waals surface area contributed by atoms with Crippen LogP contribution in [0.15, 0.2) is 44.6 Å². The van der Waals surface area contributed by atoms with Crippen LogP contribution in [0.3, 0.4) is 0 Å². The van der Waals surface area contributed by atoms with Crippen molar-refractivity contribution >= 4 is 17.7 Å². The molecule has 1 aromatic carbocycles. The van der Waals surface area contributed by atoms with E-state index in [1.165, 1.54) is 37.4 Å². The average Bonchev–Trinajstić information content (AvgIpc) is 2.76. The normalized spacial score (nSPS) is 16.0. The van der Waals surface area contributed by atoms with Crippen molar-refractivity contribution in [3.05, 3.63) is 41.8 Å². The van der Waals surface area contributed by atoms with Crippen molar-refractivity contribution < 1.29 is 9.32 Å². The van der Waals surface area contributed by atoms with Crippen LogP contribution in [0.1, 0.15) is 54.8 Å². The summed E-state index contributed by atoms with van der Waals surface area (Å²) in [6.07, 6.45) is 7.02. The average molecular weight is 330 g/mol. The van der Waals surface area contributed by atoms with Gasteiger partial charge in [-0.15, -0.1) is 0 Å². The van der Waals surface area contributed by atoms with E-state index in [-0.39, 0.29) is 11.9 Å². The van der Waals surface area contributed by atoms with Crippen molar-refractivity contribution in [3.63, 3.8) is 0 Å². The number of carbonyl (C=O) groups excluding carboxylic acids is 1. The van der Waals surface area contributed by atoms with Crippen molar-refractivity contribution in [1.82, 2.24) is 10.5 Å². The fourth-order valence-corrected chi connectivity index (χ4v) is 3.84. The number of aryl methyl sites for hydroxylation is 1. The Morgan fingerprint density at radius 1 is 1.17 bits per heavy atom. The Morgan fingerprint density at radius 3 is 2.57 bits per heavy atom. The first kappa shape index (κ1) is 16.1. The number of hydrogen-bond acceptors (Lipinski definition) is 4. The first-order valence-corrected chi connectivity index (χ1v) is 9.06. The van der Waals surface area contributed by atoms with Gasteiger partial charge in [0.15, 0.2) is 0 Å². The summed E-state index contributed by atoms with van der Waals surface area (Å²) in [7, 11) is 0. The predicted molar refractivity (Wildman–Crippen MR) is 90.8 cm³/mol. The summed E-state index contributed by atoms with van der Waals surface area (Å²) in [4.78, 5) is 14.5. The highest BCUT2D eigenvalue weighted by molar-refractivity contribution is 7.99. The molecule has 0 spiro atoms. The third-order valence-electron chi connectivity index (χ3n) is 4.17. The lowest BCUT2D eigenvalue weighted by molar-refractivity contribution is 0.0892. The SMILES string of the molecule is Cc1noc(C(=O)NC2CCCCCC2)c1Sc1ccccc1. The molecule has 1 amide bonds. The molecule has 0 aliphatic heterocycles. The van der Waals surface area contributed by atoms with E-state index >= 15 is 0 Å². The van der Waals surface area contributed by atoms with Gasteiger partial charge in [0.25, 0.3) is 5.91 Å². The van der Waals surface area contributed by atoms with E-state index < -0.39 is 0 Å². The second kappa shape index (κ2) is 7.68. The zero-order chi connectivity index (χ0) is 16.1. The molecule has 1 fully saturated rings. The van der Waals surface area contributed by atoms with Gasteiger partial charge in [-0.1, -0.05) is 60.8 Å². The van der Waals surface area contributed by atoms with Crippen molar-refractivity contribution in [1.29, 1.82) is 0 Å². The number of aromatic nitrogens is 1. The minimum absolute atomic E-state index is 0.143. The Kier molecular flexibility index (Phi) is 5.39. The van der Waals surface area contributed by atoms with Gasteiger partial charge in [0, 0.05) is 10.9 Å². The highest BCUT2D eigenvalue weighted by Gasteiger charge is 2.24. The Labute approximate surface area is 141 Å². The van der Waals surface area contributed by atoms with Crippen LogP contribution < -0.4 is 5.32 Å². The number of hydrogen-bond donors (Lipinski definition) is 1. The van der Waals surface area contributed by atoms with E-state index in [4.69, 9.17) is 4.52 Å². The topological polar surface area (TPSA) is 55.1 Å².